The van der Waals surface area contributed by atoms with Crippen LogP contribution in [0.1, 0.15) is 374 Å². The maximum absolute atomic E-state index is 12.9. The summed E-state index contributed by atoms with van der Waals surface area (Å²) in [6.45, 7) is 6.63. The Bertz CT molecular complexity index is 1350. The summed E-state index contributed by atoms with van der Waals surface area (Å²) in [6, 6.07) is 0. The second-order valence-electron chi connectivity index (χ2n) is 23.4. The molecule has 0 aliphatic carbocycles. The molecule has 0 amide bonds. The highest BCUT2D eigenvalue weighted by Gasteiger charge is 2.19. The standard InChI is InChI=1S/C72H132O6/c1-4-7-10-13-16-19-22-25-28-30-31-32-33-34-35-36-37-38-39-40-41-42-45-47-50-53-56-59-62-65-71(74)77-68-69(67-76-70(73)64-61-58-55-52-49-46-43-27-24-21-18-15-12-9-6-3)78-72(75)66-63-60-57-54-51-48-44-29-26-23-20-17-14-11-8-5-2/h18,20-21,23,27,29,43-44,69H,4-17,19,22,24-26,28,30-42,45-68H2,1-3H3/b21-18-,23-20-,43-27-,44-29-. The van der Waals surface area contributed by atoms with Crippen LogP contribution < -0.4 is 0 Å². The molecule has 6 nitrogen and oxygen atoms in total. The summed E-state index contributed by atoms with van der Waals surface area (Å²) >= 11 is 0. The van der Waals surface area contributed by atoms with Crippen LogP contribution >= 0.6 is 0 Å². The molecule has 0 saturated heterocycles. The Balaban J connectivity index is 4.21. The lowest BCUT2D eigenvalue weighted by molar-refractivity contribution is -0.167. The van der Waals surface area contributed by atoms with Gasteiger partial charge in [0.25, 0.3) is 0 Å². The van der Waals surface area contributed by atoms with Gasteiger partial charge >= 0.3 is 17.9 Å². The van der Waals surface area contributed by atoms with E-state index >= 15 is 0 Å². The van der Waals surface area contributed by atoms with Crippen molar-refractivity contribution in [2.45, 2.75) is 380 Å². The van der Waals surface area contributed by atoms with Crippen molar-refractivity contribution < 1.29 is 28.6 Å². The molecule has 456 valence electrons. The molecule has 0 aromatic heterocycles. The van der Waals surface area contributed by atoms with Gasteiger partial charge in [-0.1, -0.05) is 320 Å². The fourth-order valence-corrected chi connectivity index (χ4v) is 10.3. The van der Waals surface area contributed by atoms with Crippen LogP contribution in [0.15, 0.2) is 48.6 Å². The van der Waals surface area contributed by atoms with Gasteiger partial charge in [-0.2, -0.15) is 0 Å². The van der Waals surface area contributed by atoms with E-state index in [-0.39, 0.29) is 31.1 Å². The van der Waals surface area contributed by atoms with Gasteiger partial charge in [-0.3, -0.25) is 14.4 Å². The van der Waals surface area contributed by atoms with Crippen LogP contribution in [-0.2, 0) is 28.6 Å². The van der Waals surface area contributed by atoms with Crippen molar-refractivity contribution >= 4 is 17.9 Å². The zero-order valence-corrected chi connectivity index (χ0v) is 52.5. The molecular weight excluding hydrogens is 961 g/mol. The zero-order valence-electron chi connectivity index (χ0n) is 52.5. The van der Waals surface area contributed by atoms with Gasteiger partial charge in [-0.15, -0.1) is 0 Å². The number of carbonyl (C=O) groups is 3. The van der Waals surface area contributed by atoms with Crippen LogP contribution in [0.25, 0.3) is 0 Å². The van der Waals surface area contributed by atoms with E-state index in [2.05, 4.69) is 69.4 Å². The second-order valence-corrected chi connectivity index (χ2v) is 23.4. The van der Waals surface area contributed by atoms with Crippen LogP contribution in [-0.4, -0.2) is 37.2 Å². The lowest BCUT2D eigenvalue weighted by Crippen LogP contribution is -2.30. The number of unbranched alkanes of at least 4 members (excludes halogenated alkanes) is 45. The molecule has 0 fully saturated rings. The first-order valence-electron chi connectivity index (χ1n) is 34.6. The third kappa shape index (κ3) is 64.2. The van der Waals surface area contributed by atoms with Gasteiger partial charge in [-0.05, 0) is 83.5 Å². The molecule has 0 heterocycles. The van der Waals surface area contributed by atoms with E-state index < -0.39 is 6.10 Å². The van der Waals surface area contributed by atoms with Crippen molar-refractivity contribution in [3.63, 3.8) is 0 Å². The van der Waals surface area contributed by atoms with Crippen molar-refractivity contribution in [3.8, 4) is 0 Å². The Morgan fingerprint density at radius 1 is 0.256 bits per heavy atom. The minimum atomic E-state index is -0.786. The summed E-state index contributed by atoms with van der Waals surface area (Å²) in [4.78, 5) is 38.3. The van der Waals surface area contributed by atoms with Gasteiger partial charge < -0.3 is 14.2 Å². The highest BCUT2D eigenvalue weighted by atomic mass is 16.6. The Morgan fingerprint density at radius 3 is 0.744 bits per heavy atom. The number of esters is 3. The van der Waals surface area contributed by atoms with E-state index in [1.807, 2.05) is 0 Å². The molecule has 0 rings (SSSR count). The SMILES string of the molecule is CCCCC/C=C\C/C=C\CCCCCCCC(=O)OCC(COC(=O)CCCCCCCCCCCCCCCCCCCCCCCCCCCCCCC)OC(=O)CCCCCCC/C=C\C/C=C\CCCCCC. The molecule has 0 aliphatic rings. The van der Waals surface area contributed by atoms with E-state index in [0.29, 0.717) is 19.3 Å². The molecule has 1 unspecified atom stereocenters. The summed E-state index contributed by atoms with van der Waals surface area (Å²) in [5.74, 6) is -0.886. The first kappa shape index (κ1) is 75.4. The predicted octanol–water partition coefficient (Wildman–Crippen LogP) is 23.7. The summed E-state index contributed by atoms with van der Waals surface area (Å²) in [5, 5.41) is 0. The smallest absolute Gasteiger partial charge is 0.306 e. The number of hydrogen-bond donors (Lipinski definition) is 0. The summed E-state index contributed by atoms with van der Waals surface area (Å²) in [5.41, 5.74) is 0. The number of allylic oxidation sites excluding steroid dienone is 8. The Labute approximate surface area is 486 Å². The van der Waals surface area contributed by atoms with Gasteiger partial charge in [-0.25, -0.2) is 0 Å². The number of hydrogen-bond acceptors (Lipinski definition) is 6. The third-order valence-corrected chi connectivity index (χ3v) is 15.6. The van der Waals surface area contributed by atoms with Gasteiger partial charge in [0.2, 0.25) is 0 Å². The molecule has 0 aliphatic heterocycles. The highest BCUT2D eigenvalue weighted by molar-refractivity contribution is 5.71. The minimum Gasteiger partial charge on any atom is -0.462 e. The maximum Gasteiger partial charge on any atom is 0.306 e. The van der Waals surface area contributed by atoms with E-state index in [9.17, 15) is 14.4 Å². The van der Waals surface area contributed by atoms with Crippen molar-refractivity contribution in [2.75, 3.05) is 13.2 Å². The molecule has 0 N–H and O–H groups in total. The van der Waals surface area contributed by atoms with Crippen LogP contribution in [0, 0.1) is 0 Å². The van der Waals surface area contributed by atoms with Crippen LogP contribution in [0.2, 0.25) is 0 Å². The van der Waals surface area contributed by atoms with Gasteiger partial charge in [0.15, 0.2) is 6.10 Å². The average Bonchev–Trinajstić information content (AvgIpc) is 3.44. The van der Waals surface area contributed by atoms with Crippen molar-refractivity contribution in [3.05, 3.63) is 48.6 Å². The molecule has 0 saturated carbocycles. The Kier molecular flexibility index (Phi) is 64.6. The monoisotopic (exact) mass is 1090 g/mol. The molecule has 1 atom stereocenters. The van der Waals surface area contributed by atoms with Crippen molar-refractivity contribution in [1.29, 1.82) is 0 Å². The van der Waals surface area contributed by atoms with Gasteiger partial charge in [0.05, 0.1) is 0 Å². The number of rotatable bonds is 64. The maximum atomic E-state index is 12.9. The quantitative estimate of drug-likeness (QED) is 0.0261. The number of carbonyl (C=O) groups excluding carboxylic acids is 3. The molecule has 78 heavy (non-hydrogen) atoms. The third-order valence-electron chi connectivity index (χ3n) is 15.6. The first-order valence-corrected chi connectivity index (χ1v) is 34.6. The fraction of sp³-hybridized carbons (Fsp3) is 0.847. The van der Waals surface area contributed by atoms with E-state index in [0.717, 1.165) is 103 Å². The largest absolute Gasteiger partial charge is 0.462 e. The van der Waals surface area contributed by atoms with E-state index in [4.69, 9.17) is 14.2 Å². The molecule has 0 spiro atoms. The minimum absolute atomic E-state index is 0.0800. The topological polar surface area (TPSA) is 78.9 Å². The van der Waals surface area contributed by atoms with Crippen LogP contribution in [0.4, 0.5) is 0 Å². The normalized spacial score (nSPS) is 12.3. The Hall–Kier alpha value is -2.63. The molecule has 0 radical (unpaired) electrons. The summed E-state index contributed by atoms with van der Waals surface area (Å²) in [7, 11) is 0. The first-order chi connectivity index (χ1) is 38.5. The van der Waals surface area contributed by atoms with Crippen molar-refractivity contribution in [1.82, 2.24) is 0 Å². The molecule has 6 heteroatoms. The predicted molar refractivity (Wildman–Crippen MR) is 339 cm³/mol. The fourth-order valence-electron chi connectivity index (χ4n) is 10.3. The lowest BCUT2D eigenvalue weighted by Gasteiger charge is -2.18. The summed E-state index contributed by atoms with van der Waals surface area (Å²) < 4.78 is 16.9. The highest BCUT2D eigenvalue weighted by Crippen LogP contribution is 2.18. The molecule has 0 aromatic rings. The van der Waals surface area contributed by atoms with E-state index in [1.54, 1.807) is 0 Å². The van der Waals surface area contributed by atoms with Gasteiger partial charge in [0.1, 0.15) is 13.2 Å². The van der Waals surface area contributed by atoms with Crippen molar-refractivity contribution in [2.24, 2.45) is 0 Å². The average molecular weight is 1090 g/mol. The zero-order chi connectivity index (χ0) is 56.4. The van der Waals surface area contributed by atoms with Crippen LogP contribution in [0.3, 0.4) is 0 Å². The lowest BCUT2D eigenvalue weighted by atomic mass is 10.0. The Morgan fingerprint density at radius 2 is 0.462 bits per heavy atom. The van der Waals surface area contributed by atoms with Crippen LogP contribution in [0.5, 0.6) is 0 Å². The summed E-state index contributed by atoms with van der Waals surface area (Å²) in [6.07, 6.45) is 84.3. The molecule has 0 bridgehead atoms. The second kappa shape index (κ2) is 66.9. The molecule has 0 aromatic carbocycles. The van der Waals surface area contributed by atoms with Gasteiger partial charge in [0, 0.05) is 19.3 Å². The van der Waals surface area contributed by atoms with E-state index in [1.165, 1.54) is 231 Å². The molecular formula is C72H132O6. The number of ether oxygens (including phenoxy) is 3.